The van der Waals surface area contributed by atoms with Gasteiger partial charge in [-0.25, -0.2) is 9.55 Å². The molecule has 2 nitrogen and oxygen atoms in total. The molecule has 3 aromatic rings. The smallest absolute Gasteiger partial charge is 0.247 e. The summed E-state index contributed by atoms with van der Waals surface area (Å²) >= 11 is 0. The number of aryl methyl sites for hydroxylation is 1. The minimum absolute atomic E-state index is 0.00125. The standard InChI is InChI=1S/C51H84N2/c1-4-6-8-10-12-14-16-18-19-20-21-22-24-26-28-36-42-49(51(3,48-40-34-31-35-41-48)46-47-38-32-30-33-39-47)50-52-43-45-53(50)44-37-29-27-25-23-17-15-13-11-9-7-5-2/h30-35,38-41,43,45,49H,4-29,36-37,42,44,46H2,1-3H3/p+1. The van der Waals surface area contributed by atoms with Gasteiger partial charge in [0.1, 0.15) is 12.4 Å². The maximum absolute atomic E-state index is 3.83. The minimum Gasteiger partial charge on any atom is -0.247 e. The molecule has 0 saturated carbocycles. The fourth-order valence-electron chi connectivity index (χ4n) is 8.91. The van der Waals surface area contributed by atoms with E-state index >= 15 is 0 Å². The van der Waals surface area contributed by atoms with E-state index in [9.17, 15) is 0 Å². The number of rotatable bonds is 35. The number of imidazole rings is 1. The summed E-state index contributed by atoms with van der Waals surface area (Å²) in [6, 6.07) is 22.7. The van der Waals surface area contributed by atoms with Crippen LogP contribution in [0.25, 0.3) is 0 Å². The number of nitrogens with one attached hydrogen (secondary N) is 1. The first-order chi connectivity index (χ1) is 26.2. The lowest BCUT2D eigenvalue weighted by Crippen LogP contribution is -2.43. The summed E-state index contributed by atoms with van der Waals surface area (Å²) in [5, 5.41) is 0. The maximum Gasteiger partial charge on any atom is 0.258 e. The zero-order chi connectivity index (χ0) is 37.5. The Labute approximate surface area is 329 Å². The Hall–Kier alpha value is -2.35. The molecule has 0 aliphatic heterocycles. The summed E-state index contributed by atoms with van der Waals surface area (Å²) in [6.45, 7) is 8.30. The molecule has 53 heavy (non-hydrogen) atoms. The Bertz CT molecular complexity index is 1220. The zero-order valence-electron chi connectivity index (χ0n) is 35.4. The first-order valence-corrected chi connectivity index (χ1v) is 23.3. The van der Waals surface area contributed by atoms with Crippen LogP contribution >= 0.6 is 0 Å². The van der Waals surface area contributed by atoms with Crippen LogP contribution in [0.3, 0.4) is 0 Å². The highest BCUT2D eigenvalue weighted by Crippen LogP contribution is 2.43. The van der Waals surface area contributed by atoms with E-state index < -0.39 is 0 Å². The molecule has 0 fully saturated rings. The molecule has 0 saturated heterocycles. The van der Waals surface area contributed by atoms with Crippen molar-refractivity contribution in [3.8, 4) is 0 Å². The van der Waals surface area contributed by atoms with Crippen LogP contribution in [0.1, 0.15) is 230 Å². The second-order valence-electron chi connectivity index (χ2n) is 17.0. The molecule has 0 spiro atoms. The maximum atomic E-state index is 3.83. The fraction of sp³-hybridized carbons (Fsp3) is 0.706. The molecule has 2 atom stereocenters. The highest BCUT2D eigenvalue weighted by Gasteiger charge is 2.42. The van der Waals surface area contributed by atoms with Crippen molar-refractivity contribution in [3.05, 3.63) is 90.0 Å². The lowest BCUT2D eigenvalue weighted by molar-refractivity contribution is -0.705. The molecule has 2 unspecified atom stereocenters. The fourth-order valence-corrected chi connectivity index (χ4v) is 8.91. The third kappa shape index (κ3) is 19.2. The molecular formula is C51H85N2+. The number of nitrogens with zero attached hydrogens (tertiary/aromatic N) is 1. The van der Waals surface area contributed by atoms with Gasteiger partial charge >= 0.3 is 0 Å². The van der Waals surface area contributed by atoms with Crippen molar-refractivity contribution in [3.63, 3.8) is 0 Å². The average molecular weight is 726 g/mol. The van der Waals surface area contributed by atoms with E-state index in [-0.39, 0.29) is 5.41 Å². The minimum atomic E-state index is 0.00125. The second kappa shape index (κ2) is 29.9. The highest BCUT2D eigenvalue weighted by molar-refractivity contribution is 5.32. The molecule has 1 heterocycles. The number of unbranched alkanes of at least 4 members (excludes halogenated alkanes) is 26. The Morgan fingerprint density at radius 1 is 0.491 bits per heavy atom. The summed E-state index contributed by atoms with van der Waals surface area (Å²) in [5.41, 5.74) is 2.91. The molecule has 1 aromatic heterocycles. The highest BCUT2D eigenvalue weighted by atomic mass is 15.1. The van der Waals surface area contributed by atoms with Gasteiger partial charge in [0.15, 0.2) is 0 Å². The van der Waals surface area contributed by atoms with Crippen molar-refractivity contribution in [1.82, 2.24) is 4.98 Å². The van der Waals surface area contributed by atoms with Gasteiger partial charge in [-0.2, -0.15) is 0 Å². The summed E-state index contributed by atoms with van der Waals surface area (Å²) in [7, 11) is 0. The lowest BCUT2D eigenvalue weighted by atomic mass is 9.66. The Morgan fingerprint density at radius 2 is 0.887 bits per heavy atom. The van der Waals surface area contributed by atoms with Crippen molar-refractivity contribution < 1.29 is 4.57 Å². The molecule has 3 rings (SSSR count). The monoisotopic (exact) mass is 726 g/mol. The van der Waals surface area contributed by atoms with Gasteiger partial charge in [0.25, 0.3) is 5.82 Å². The van der Waals surface area contributed by atoms with Crippen LogP contribution in [0.15, 0.2) is 73.1 Å². The van der Waals surface area contributed by atoms with Gasteiger partial charge in [-0.1, -0.05) is 248 Å². The number of hydrogen-bond acceptors (Lipinski definition) is 0. The van der Waals surface area contributed by atoms with Gasteiger partial charge in [-0.15, -0.1) is 0 Å². The molecule has 0 radical (unpaired) electrons. The summed E-state index contributed by atoms with van der Waals surface area (Å²) in [4.78, 5) is 3.83. The molecule has 1 N–H and O–H groups in total. The van der Waals surface area contributed by atoms with Crippen LogP contribution in [0, 0.1) is 0 Å². The topological polar surface area (TPSA) is 19.7 Å². The quantitative estimate of drug-likeness (QED) is 0.0460. The van der Waals surface area contributed by atoms with Crippen molar-refractivity contribution >= 4 is 0 Å². The van der Waals surface area contributed by atoms with Gasteiger partial charge in [0.2, 0.25) is 0 Å². The molecule has 0 aliphatic carbocycles. The molecule has 2 aromatic carbocycles. The van der Waals surface area contributed by atoms with E-state index in [4.69, 9.17) is 0 Å². The molecule has 0 bridgehead atoms. The third-order valence-electron chi connectivity index (χ3n) is 12.3. The summed E-state index contributed by atoms with van der Waals surface area (Å²) in [6.07, 6.45) is 46.3. The average Bonchev–Trinajstić information content (AvgIpc) is 3.65. The van der Waals surface area contributed by atoms with E-state index in [1.54, 1.807) is 0 Å². The van der Waals surface area contributed by atoms with Crippen LogP contribution in [-0.2, 0) is 18.4 Å². The molecule has 298 valence electrons. The van der Waals surface area contributed by atoms with E-state index in [1.165, 1.54) is 203 Å². The van der Waals surface area contributed by atoms with Crippen LogP contribution in [0.2, 0.25) is 0 Å². The summed E-state index contributed by atoms with van der Waals surface area (Å²) < 4.78 is 2.60. The number of H-pyrrole nitrogens is 1. The van der Waals surface area contributed by atoms with Gasteiger partial charge in [-0.05, 0) is 36.8 Å². The van der Waals surface area contributed by atoms with Gasteiger partial charge in [-0.3, -0.25) is 0 Å². The number of benzene rings is 2. The normalized spacial score (nSPS) is 13.3. The van der Waals surface area contributed by atoms with Crippen molar-refractivity contribution in [2.45, 2.75) is 231 Å². The van der Waals surface area contributed by atoms with E-state index in [1.807, 2.05) is 0 Å². The predicted molar refractivity (Wildman–Crippen MR) is 233 cm³/mol. The SMILES string of the molecule is CCCCCCCCCCCCCCCCCCC(c1[nH]cc[n+]1CCCCCCCCCCCCCC)C(C)(Cc1ccccc1)c1ccccc1. The van der Waals surface area contributed by atoms with E-state index in [2.05, 4.69) is 103 Å². The molecule has 0 aliphatic rings. The van der Waals surface area contributed by atoms with Crippen LogP contribution in [0.5, 0.6) is 0 Å². The lowest BCUT2D eigenvalue weighted by Gasteiger charge is -2.37. The van der Waals surface area contributed by atoms with Crippen molar-refractivity contribution in [1.29, 1.82) is 0 Å². The second-order valence-corrected chi connectivity index (χ2v) is 17.0. The van der Waals surface area contributed by atoms with Crippen LogP contribution in [-0.4, -0.2) is 4.98 Å². The van der Waals surface area contributed by atoms with E-state index in [0.717, 1.165) is 13.0 Å². The van der Waals surface area contributed by atoms with E-state index in [0.29, 0.717) is 5.92 Å². The largest absolute Gasteiger partial charge is 0.258 e. The molecule has 0 amide bonds. The van der Waals surface area contributed by atoms with Gasteiger partial charge in [0, 0.05) is 5.41 Å². The number of aromatic amines is 1. The third-order valence-corrected chi connectivity index (χ3v) is 12.3. The van der Waals surface area contributed by atoms with Gasteiger partial charge in [0.05, 0.1) is 12.5 Å². The Morgan fingerprint density at radius 3 is 1.34 bits per heavy atom. The zero-order valence-corrected chi connectivity index (χ0v) is 35.4. The Balaban J connectivity index is 1.50. The molecular weight excluding hydrogens is 641 g/mol. The predicted octanol–water partition coefficient (Wildman–Crippen LogP) is 15.9. The van der Waals surface area contributed by atoms with Crippen LogP contribution in [0.4, 0.5) is 0 Å². The van der Waals surface area contributed by atoms with Crippen molar-refractivity contribution in [2.24, 2.45) is 0 Å². The number of hydrogen-bond donors (Lipinski definition) is 1. The number of aromatic nitrogens is 2. The van der Waals surface area contributed by atoms with Gasteiger partial charge < -0.3 is 0 Å². The van der Waals surface area contributed by atoms with Crippen LogP contribution < -0.4 is 4.57 Å². The summed E-state index contributed by atoms with van der Waals surface area (Å²) in [5.74, 6) is 1.88. The first-order valence-electron chi connectivity index (χ1n) is 23.3. The molecule has 2 heteroatoms. The van der Waals surface area contributed by atoms with Crippen molar-refractivity contribution in [2.75, 3.05) is 0 Å². The first kappa shape index (κ1) is 45.0. The Kier molecular flexibility index (Phi) is 25.4.